The Hall–Kier alpha value is -3.32. The van der Waals surface area contributed by atoms with E-state index in [1.807, 2.05) is 31.2 Å². The van der Waals surface area contributed by atoms with Crippen LogP contribution in [-0.4, -0.2) is 45.2 Å². The number of carbonyl (C=O) groups excluding carboxylic acids is 2. The molecule has 0 saturated heterocycles. The molecule has 0 heterocycles. The van der Waals surface area contributed by atoms with Gasteiger partial charge in [-0.1, -0.05) is 12.6 Å². The van der Waals surface area contributed by atoms with E-state index in [1.165, 1.54) is 0 Å². The van der Waals surface area contributed by atoms with E-state index in [4.69, 9.17) is 9.47 Å². The second kappa shape index (κ2) is 12.3. The van der Waals surface area contributed by atoms with E-state index >= 15 is 0 Å². The van der Waals surface area contributed by atoms with E-state index in [1.54, 1.807) is 31.4 Å². The molecule has 0 aliphatic rings. The van der Waals surface area contributed by atoms with Gasteiger partial charge in [-0.15, -0.1) is 0 Å². The Balaban J connectivity index is 1.79. The van der Waals surface area contributed by atoms with E-state index in [0.717, 1.165) is 17.7 Å². The van der Waals surface area contributed by atoms with Crippen molar-refractivity contribution in [1.29, 1.82) is 0 Å². The second-order valence-electron chi connectivity index (χ2n) is 6.85. The minimum atomic E-state index is -0.194. The van der Waals surface area contributed by atoms with Crippen LogP contribution in [0.25, 0.3) is 0 Å². The Morgan fingerprint density at radius 3 is 2.53 bits per heavy atom. The molecular formula is C23H29N3O4. The number of rotatable bonds is 12. The highest BCUT2D eigenvalue weighted by atomic mass is 16.5. The number of hydrogen-bond acceptors (Lipinski definition) is 5. The number of amides is 2. The van der Waals surface area contributed by atoms with Gasteiger partial charge in [0, 0.05) is 43.3 Å². The quantitative estimate of drug-likeness (QED) is 0.368. The highest BCUT2D eigenvalue weighted by Gasteiger charge is 2.07. The maximum absolute atomic E-state index is 12.2. The molecule has 0 aliphatic carbocycles. The highest BCUT2D eigenvalue weighted by Crippen LogP contribution is 2.18. The summed E-state index contributed by atoms with van der Waals surface area (Å²) in [5, 5.41) is 8.69. The molecule has 7 heteroatoms. The van der Waals surface area contributed by atoms with Crippen LogP contribution in [0.4, 0.5) is 11.4 Å². The van der Waals surface area contributed by atoms with E-state index < -0.39 is 0 Å². The first-order valence-electron chi connectivity index (χ1n) is 9.76. The Morgan fingerprint density at radius 2 is 1.83 bits per heavy atom. The summed E-state index contributed by atoms with van der Waals surface area (Å²) in [6.07, 6.45) is 0.756. The fourth-order valence-electron chi connectivity index (χ4n) is 2.52. The van der Waals surface area contributed by atoms with Crippen LogP contribution >= 0.6 is 0 Å². The Bertz CT molecular complexity index is 850. The van der Waals surface area contributed by atoms with Gasteiger partial charge in [-0.2, -0.15) is 0 Å². The van der Waals surface area contributed by atoms with Crippen LogP contribution in [0.15, 0.2) is 60.7 Å². The summed E-state index contributed by atoms with van der Waals surface area (Å²) in [6.45, 7) is 7.41. The fourth-order valence-corrected chi connectivity index (χ4v) is 2.52. The van der Waals surface area contributed by atoms with Crippen molar-refractivity contribution in [3.05, 3.63) is 66.2 Å². The predicted molar refractivity (Wildman–Crippen MR) is 119 cm³/mol. The Morgan fingerprint density at radius 1 is 1.07 bits per heavy atom. The van der Waals surface area contributed by atoms with Crippen LogP contribution in [0.1, 0.15) is 23.7 Å². The van der Waals surface area contributed by atoms with Gasteiger partial charge in [0.15, 0.2) is 0 Å². The third kappa shape index (κ3) is 8.36. The number of ether oxygens (including phenoxy) is 2. The lowest BCUT2D eigenvalue weighted by molar-refractivity contribution is -0.114. The maximum Gasteiger partial charge on any atom is 0.251 e. The lowest BCUT2D eigenvalue weighted by atomic mass is 10.2. The Labute approximate surface area is 177 Å². The van der Waals surface area contributed by atoms with Gasteiger partial charge >= 0.3 is 0 Å². The van der Waals surface area contributed by atoms with Gasteiger partial charge in [-0.05, 0) is 55.3 Å². The molecular weight excluding hydrogens is 382 g/mol. The molecule has 0 radical (unpaired) electrons. The smallest absolute Gasteiger partial charge is 0.251 e. The Kier molecular flexibility index (Phi) is 9.40. The summed E-state index contributed by atoms with van der Waals surface area (Å²) in [5.41, 5.74) is 2.87. The standard InChI is InChI=1S/C23H29N3O4/c1-17(2)16-30-21-7-4-6-20(14-21)25-15-22(27)26-19-10-8-18(9-11-19)23(28)24-12-5-13-29-3/h4,6-11,14,25H,1,5,12-13,15-16H2,2-3H3,(H,24,28)(H,26,27). The first kappa shape index (κ1) is 23.0. The molecule has 2 rings (SSSR count). The molecule has 0 aliphatic heterocycles. The molecule has 2 aromatic rings. The predicted octanol–water partition coefficient (Wildman–Crippen LogP) is 3.46. The van der Waals surface area contributed by atoms with Crippen molar-refractivity contribution < 1.29 is 19.1 Å². The van der Waals surface area contributed by atoms with Crippen LogP contribution < -0.4 is 20.7 Å². The summed E-state index contributed by atoms with van der Waals surface area (Å²) >= 11 is 0. The van der Waals surface area contributed by atoms with Crippen molar-refractivity contribution in [1.82, 2.24) is 5.32 Å². The number of nitrogens with one attached hydrogen (secondary N) is 3. The number of hydrogen-bond donors (Lipinski definition) is 3. The van der Waals surface area contributed by atoms with Gasteiger partial charge in [0.25, 0.3) is 5.91 Å². The SMILES string of the molecule is C=C(C)COc1cccc(NCC(=O)Nc2ccc(C(=O)NCCCOC)cc2)c1. The molecule has 0 aromatic heterocycles. The molecule has 3 N–H and O–H groups in total. The van der Waals surface area contributed by atoms with Crippen molar-refractivity contribution in [3.63, 3.8) is 0 Å². The van der Waals surface area contributed by atoms with Crippen molar-refractivity contribution in [2.75, 3.05) is 44.0 Å². The maximum atomic E-state index is 12.2. The summed E-state index contributed by atoms with van der Waals surface area (Å²) in [4.78, 5) is 24.2. The van der Waals surface area contributed by atoms with Crippen molar-refractivity contribution in [3.8, 4) is 5.75 Å². The largest absolute Gasteiger partial charge is 0.489 e. The van der Waals surface area contributed by atoms with Gasteiger partial charge in [-0.3, -0.25) is 9.59 Å². The van der Waals surface area contributed by atoms with Gasteiger partial charge in [0.05, 0.1) is 6.54 Å². The summed E-state index contributed by atoms with van der Waals surface area (Å²) < 4.78 is 10.5. The molecule has 160 valence electrons. The molecule has 0 fully saturated rings. The van der Waals surface area contributed by atoms with Crippen molar-refractivity contribution in [2.45, 2.75) is 13.3 Å². The lowest BCUT2D eigenvalue weighted by Gasteiger charge is -2.11. The van der Waals surface area contributed by atoms with Gasteiger partial charge in [-0.25, -0.2) is 0 Å². The average Bonchev–Trinajstić information content (AvgIpc) is 2.74. The third-order valence-corrected chi connectivity index (χ3v) is 4.01. The molecule has 30 heavy (non-hydrogen) atoms. The number of benzene rings is 2. The van der Waals surface area contributed by atoms with Gasteiger partial charge in [0.1, 0.15) is 12.4 Å². The van der Waals surface area contributed by atoms with Crippen LogP contribution in [0, 0.1) is 0 Å². The molecule has 2 aromatic carbocycles. The number of carbonyl (C=O) groups is 2. The number of anilines is 2. The van der Waals surface area contributed by atoms with E-state index in [0.29, 0.717) is 36.8 Å². The van der Waals surface area contributed by atoms with Gasteiger partial charge < -0.3 is 25.4 Å². The summed E-state index contributed by atoms with van der Waals surface area (Å²) in [7, 11) is 1.63. The number of methoxy groups -OCH3 is 1. The van der Waals surface area contributed by atoms with Crippen LogP contribution in [0.2, 0.25) is 0 Å². The zero-order valence-corrected chi connectivity index (χ0v) is 17.5. The van der Waals surface area contributed by atoms with E-state index in [2.05, 4.69) is 22.5 Å². The van der Waals surface area contributed by atoms with Gasteiger partial charge in [0.2, 0.25) is 5.91 Å². The molecule has 0 spiro atoms. The van der Waals surface area contributed by atoms with Crippen LogP contribution in [0.5, 0.6) is 5.75 Å². The van der Waals surface area contributed by atoms with Crippen LogP contribution in [0.3, 0.4) is 0 Å². The average molecular weight is 412 g/mol. The second-order valence-corrected chi connectivity index (χ2v) is 6.85. The lowest BCUT2D eigenvalue weighted by Crippen LogP contribution is -2.25. The summed E-state index contributed by atoms with van der Waals surface area (Å²) in [5.74, 6) is 0.360. The molecule has 2 amide bonds. The normalized spacial score (nSPS) is 10.2. The minimum Gasteiger partial charge on any atom is -0.489 e. The minimum absolute atomic E-state index is 0.103. The fraction of sp³-hybridized carbons (Fsp3) is 0.304. The zero-order valence-electron chi connectivity index (χ0n) is 17.5. The van der Waals surface area contributed by atoms with Crippen molar-refractivity contribution in [2.24, 2.45) is 0 Å². The van der Waals surface area contributed by atoms with Crippen LogP contribution in [-0.2, 0) is 9.53 Å². The molecule has 0 bridgehead atoms. The molecule has 0 atom stereocenters. The van der Waals surface area contributed by atoms with Crippen molar-refractivity contribution >= 4 is 23.2 Å². The highest BCUT2D eigenvalue weighted by molar-refractivity contribution is 5.96. The monoisotopic (exact) mass is 411 g/mol. The topological polar surface area (TPSA) is 88.7 Å². The molecule has 0 saturated carbocycles. The first-order chi connectivity index (χ1) is 14.5. The first-order valence-corrected chi connectivity index (χ1v) is 9.76. The van der Waals surface area contributed by atoms with E-state index in [9.17, 15) is 9.59 Å². The third-order valence-electron chi connectivity index (χ3n) is 4.01. The molecule has 0 unspecified atom stereocenters. The summed E-state index contributed by atoms with van der Waals surface area (Å²) in [6, 6.07) is 14.2. The molecule has 7 nitrogen and oxygen atoms in total. The zero-order chi connectivity index (χ0) is 21.8. The van der Waals surface area contributed by atoms with E-state index in [-0.39, 0.29) is 18.4 Å².